The molecule has 0 aliphatic carbocycles. The van der Waals surface area contributed by atoms with E-state index in [9.17, 15) is 0 Å². The van der Waals surface area contributed by atoms with Crippen LogP contribution in [0.25, 0.3) is 0 Å². The lowest BCUT2D eigenvalue weighted by molar-refractivity contribution is 0.183. The quantitative estimate of drug-likeness (QED) is 0.685. The number of hydrogen-bond donors (Lipinski definition) is 0. The van der Waals surface area contributed by atoms with Crippen LogP contribution < -0.4 is 0 Å². The summed E-state index contributed by atoms with van der Waals surface area (Å²) in [4.78, 5) is 6.89. The van der Waals surface area contributed by atoms with E-state index in [1.165, 1.54) is 0 Å². The molecule has 0 fully saturated rings. The number of alkyl halides is 1. The Morgan fingerprint density at radius 2 is 2.22 bits per heavy atom. The summed E-state index contributed by atoms with van der Waals surface area (Å²) in [5, 5.41) is 4.27. The van der Waals surface area contributed by atoms with E-state index < -0.39 is 0 Å². The van der Waals surface area contributed by atoms with Gasteiger partial charge in [-0.05, 0) is 13.0 Å². The minimum Gasteiger partial charge on any atom is -0.383 e. The van der Waals surface area contributed by atoms with Crippen molar-refractivity contribution in [1.82, 2.24) is 19.7 Å². The molecule has 0 amide bonds. The smallest absolute Gasteiger partial charge is 0.141 e. The average molecular weight is 319 g/mol. The Morgan fingerprint density at radius 3 is 2.83 bits per heavy atom. The lowest BCUT2D eigenvalue weighted by atomic mass is 10.2. The van der Waals surface area contributed by atoms with Gasteiger partial charge in [-0.3, -0.25) is 4.90 Å². The first-order valence-electron chi connectivity index (χ1n) is 6.21. The lowest BCUT2D eigenvalue weighted by Crippen LogP contribution is -2.29. The van der Waals surface area contributed by atoms with Crippen LogP contribution >= 0.6 is 15.9 Å². The molecule has 1 heterocycles. The first-order chi connectivity index (χ1) is 8.52. The molecule has 0 radical (unpaired) electrons. The van der Waals surface area contributed by atoms with E-state index in [0.29, 0.717) is 17.4 Å². The Hall–Kier alpha value is -0.460. The number of methoxy groups -OCH3 is 1. The van der Waals surface area contributed by atoms with Crippen molar-refractivity contribution in [1.29, 1.82) is 0 Å². The number of aromatic nitrogens is 3. The van der Waals surface area contributed by atoms with Gasteiger partial charge in [-0.1, -0.05) is 29.8 Å². The van der Waals surface area contributed by atoms with Crippen molar-refractivity contribution in [2.45, 2.75) is 31.8 Å². The fourth-order valence-electron chi connectivity index (χ4n) is 1.79. The van der Waals surface area contributed by atoms with Crippen molar-refractivity contribution < 1.29 is 4.74 Å². The molecule has 6 heteroatoms. The first-order valence-corrected chi connectivity index (χ1v) is 7.12. The van der Waals surface area contributed by atoms with Crippen molar-refractivity contribution in [3.8, 4) is 0 Å². The van der Waals surface area contributed by atoms with Crippen LogP contribution in [0, 0.1) is 5.92 Å². The third-order valence-electron chi connectivity index (χ3n) is 2.50. The highest BCUT2D eigenvalue weighted by Crippen LogP contribution is 2.07. The summed E-state index contributed by atoms with van der Waals surface area (Å²) >= 11 is 3.59. The topological polar surface area (TPSA) is 43.2 Å². The van der Waals surface area contributed by atoms with E-state index >= 15 is 0 Å². The van der Waals surface area contributed by atoms with Crippen LogP contribution in [-0.4, -0.2) is 51.8 Å². The molecule has 0 bridgehead atoms. The fourth-order valence-corrected chi connectivity index (χ4v) is 2.55. The molecule has 0 N–H and O–H groups in total. The molecule has 1 aromatic heterocycles. The van der Waals surface area contributed by atoms with Crippen molar-refractivity contribution in [3.63, 3.8) is 0 Å². The summed E-state index contributed by atoms with van der Waals surface area (Å²) in [5.41, 5.74) is 0. The van der Waals surface area contributed by atoms with Crippen LogP contribution in [0.5, 0.6) is 0 Å². The molecule has 1 rings (SSSR count). The Morgan fingerprint density at radius 1 is 1.50 bits per heavy atom. The van der Waals surface area contributed by atoms with E-state index in [-0.39, 0.29) is 0 Å². The first kappa shape index (κ1) is 15.6. The Balaban J connectivity index is 2.48. The summed E-state index contributed by atoms with van der Waals surface area (Å²) in [6, 6.07) is 0. The third-order valence-corrected chi connectivity index (χ3v) is 3.06. The molecule has 104 valence electrons. The second-order valence-corrected chi connectivity index (χ2v) is 6.30. The molecular weight excluding hydrogens is 296 g/mol. The molecule has 0 aromatic carbocycles. The van der Waals surface area contributed by atoms with E-state index in [0.717, 1.165) is 25.5 Å². The van der Waals surface area contributed by atoms with E-state index in [1.807, 2.05) is 4.68 Å². The van der Waals surface area contributed by atoms with E-state index in [1.54, 1.807) is 13.4 Å². The number of hydrogen-bond acceptors (Lipinski definition) is 4. The van der Waals surface area contributed by atoms with E-state index in [4.69, 9.17) is 4.74 Å². The number of halogens is 1. The fraction of sp³-hybridized carbons (Fsp3) is 0.833. The number of rotatable bonds is 8. The highest BCUT2D eigenvalue weighted by atomic mass is 79.9. The minimum absolute atomic E-state index is 0.342. The van der Waals surface area contributed by atoms with Crippen LogP contribution in [0.1, 0.15) is 19.7 Å². The molecule has 5 nitrogen and oxygen atoms in total. The van der Waals surface area contributed by atoms with Crippen LogP contribution in [0.3, 0.4) is 0 Å². The van der Waals surface area contributed by atoms with Gasteiger partial charge in [-0.15, -0.1) is 0 Å². The van der Waals surface area contributed by atoms with Crippen molar-refractivity contribution in [3.05, 3.63) is 12.2 Å². The highest BCUT2D eigenvalue weighted by molar-refractivity contribution is 9.09. The van der Waals surface area contributed by atoms with Gasteiger partial charge < -0.3 is 4.74 Å². The summed E-state index contributed by atoms with van der Waals surface area (Å²) in [6.07, 6.45) is 1.63. The van der Waals surface area contributed by atoms with Gasteiger partial charge in [0.2, 0.25) is 0 Å². The summed E-state index contributed by atoms with van der Waals surface area (Å²) in [6.45, 7) is 7.72. The molecule has 0 aliphatic heterocycles. The Labute approximate surface area is 118 Å². The van der Waals surface area contributed by atoms with Crippen LogP contribution in [0.15, 0.2) is 6.33 Å². The molecule has 0 saturated carbocycles. The van der Waals surface area contributed by atoms with Gasteiger partial charge in [0.15, 0.2) is 0 Å². The molecule has 1 aromatic rings. The standard InChI is InChI=1S/C12H23BrN4O/c1-10(2)5-17-12(14-9-15-17)7-16(3)6-11(13)8-18-4/h9-11H,5-8H2,1-4H3. The van der Waals surface area contributed by atoms with Crippen LogP contribution in [-0.2, 0) is 17.8 Å². The van der Waals surface area contributed by atoms with E-state index in [2.05, 4.69) is 51.8 Å². The normalized spacial score (nSPS) is 13.5. The summed E-state index contributed by atoms with van der Waals surface area (Å²) < 4.78 is 7.10. The summed E-state index contributed by atoms with van der Waals surface area (Å²) in [5.74, 6) is 1.59. The van der Waals surface area contributed by atoms with Gasteiger partial charge in [-0.25, -0.2) is 9.67 Å². The second kappa shape index (κ2) is 7.86. The largest absolute Gasteiger partial charge is 0.383 e. The summed E-state index contributed by atoms with van der Waals surface area (Å²) in [7, 11) is 3.80. The minimum atomic E-state index is 0.342. The van der Waals surface area contributed by atoms with Crippen molar-refractivity contribution >= 4 is 15.9 Å². The molecule has 0 saturated heterocycles. The zero-order valence-electron chi connectivity index (χ0n) is 11.6. The maximum atomic E-state index is 5.11. The maximum Gasteiger partial charge on any atom is 0.141 e. The van der Waals surface area contributed by atoms with Gasteiger partial charge in [0.1, 0.15) is 12.2 Å². The number of nitrogens with zero attached hydrogens (tertiary/aromatic N) is 4. The second-order valence-electron chi connectivity index (χ2n) is 5.00. The SMILES string of the molecule is COCC(Br)CN(C)Cc1ncnn1CC(C)C. The molecule has 0 aliphatic rings. The van der Waals surface area contributed by atoms with Gasteiger partial charge >= 0.3 is 0 Å². The average Bonchev–Trinajstić information content (AvgIpc) is 2.64. The molecule has 18 heavy (non-hydrogen) atoms. The zero-order chi connectivity index (χ0) is 13.5. The molecule has 1 atom stereocenters. The highest BCUT2D eigenvalue weighted by Gasteiger charge is 2.12. The molecular formula is C12H23BrN4O. The molecule has 0 spiro atoms. The zero-order valence-corrected chi connectivity index (χ0v) is 13.2. The predicted molar refractivity (Wildman–Crippen MR) is 75.8 cm³/mol. The number of ether oxygens (including phenoxy) is 1. The Bertz CT molecular complexity index is 343. The Kier molecular flexibility index (Phi) is 6.81. The van der Waals surface area contributed by atoms with Gasteiger partial charge in [0.25, 0.3) is 0 Å². The molecule has 1 unspecified atom stereocenters. The van der Waals surface area contributed by atoms with Gasteiger partial charge in [-0.2, -0.15) is 5.10 Å². The lowest BCUT2D eigenvalue weighted by Gasteiger charge is -2.20. The van der Waals surface area contributed by atoms with Gasteiger partial charge in [0.05, 0.1) is 18.0 Å². The van der Waals surface area contributed by atoms with Crippen LogP contribution in [0.2, 0.25) is 0 Å². The van der Waals surface area contributed by atoms with Crippen molar-refractivity contribution in [2.75, 3.05) is 27.3 Å². The monoisotopic (exact) mass is 318 g/mol. The van der Waals surface area contributed by atoms with Crippen LogP contribution in [0.4, 0.5) is 0 Å². The predicted octanol–water partition coefficient (Wildman–Crippen LogP) is 1.78. The van der Waals surface area contributed by atoms with Gasteiger partial charge in [0, 0.05) is 20.2 Å². The third kappa shape index (κ3) is 5.46. The van der Waals surface area contributed by atoms with Crippen molar-refractivity contribution in [2.24, 2.45) is 5.92 Å². The maximum absolute atomic E-state index is 5.11.